The second-order valence-electron chi connectivity index (χ2n) is 5.02. The number of halogens is 4. The number of carbonyl (C=O) groups is 1. The minimum Gasteiger partial charge on any atom is -0.476 e. The Balaban J connectivity index is 2.18. The fourth-order valence-electron chi connectivity index (χ4n) is 2.29. The van der Waals surface area contributed by atoms with Crippen LogP contribution in [0, 0.1) is 0 Å². The molecule has 26 heavy (non-hydrogen) atoms. The molecule has 2 aromatic heterocycles. The van der Waals surface area contributed by atoms with Crippen LogP contribution in [0.25, 0.3) is 16.9 Å². The molecule has 2 heterocycles. The van der Waals surface area contributed by atoms with Gasteiger partial charge < -0.3 is 9.84 Å². The molecule has 6 nitrogen and oxygen atoms in total. The quantitative estimate of drug-likeness (QED) is 0.580. The normalized spacial score (nSPS) is 11.0. The SMILES string of the molecule is O=C(O)c1cc(-c2cc(Br)cc(OC(F)F)c2)n(-c2ccnc(Cl)c2)n1. The summed E-state index contributed by atoms with van der Waals surface area (Å²) in [7, 11) is 0. The van der Waals surface area contributed by atoms with Gasteiger partial charge in [-0.1, -0.05) is 27.5 Å². The third-order valence-corrected chi connectivity index (χ3v) is 3.94. The first-order chi connectivity index (χ1) is 12.3. The molecule has 3 aromatic rings. The van der Waals surface area contributed by atoms with Crippen LogP contribution >= 0.6 is 27.5 Å². The molecule has 0 spiro atoms. The number of carboxylic acids is 1. The molecule has 0 radical (unpaired) electrons. The minimum absolute atomic E-state index is 0.0817. The first-order valence-corrected chi connectivity index (χ1v) is 8.21. The van der Waals surface area contributed by atoms with Crippen LogP contribution in [0.5, 0.6) is 5.75 Å². The predicted molar refractivity (Wildman–Crippen MR) is 93.1 cm³/mol. The third-order valence-electron chi connectivity index (χ3n) is 3.28. The van der Waals surface area contributed by atoms with E-state index in [0.29, 0.717) is 21.4 Å². The largest absolute Gasteiger partial charge is 0.476 e. The fraction of sp³-hybridized carbons (Fsp3) is 0.0625. The van der Waals surface area contributed by atoms with E-state index in [1.54, 1.807) is 12.1 Å². The number of hydrogen-bond acceptors (Lipinski definition) is 4. The highest BCUT2D eigenvalue weighted by atomic mass is 79.9. The summed E-state index contributed by atoms with van der Waals surface area (Å²) in [6, 6.07) is 8.77. The molecule has 1 aromatic carbocycles. The maximum Gasteiger partial charge on any atom is 0.387 e. The van der Waals surface area contributed by atoms with Crippen molar-refractivity contribution in [1.29, 1.82) is 0 Å². The maximum absolute atomic E-state index is 12.5. The minimum atomic E-state index is -2.99. The molecular weight excluding hydrogens is 436 g/mol. The number of ether oxygens (including phenoxy) is 1. The Hall–Kier alpha value is -2.52. The summed E-state index contributed by atoms with van der Waals surface area (Å²) in [6.07, 6.45) is 1.44. The van der Waals surface area contributed by atoms with Crippen LogP contribution in [-0.2, 0) is 0 Å². The average Bonchev–Trinajstić information content (AvgIpc) is 2.99. The van der Waals surface area contributed by atoms with Crippen molar-refractivity contribution < 1.29 is 23.4 Å². The molecule has 0 saturated heterocycles. The zero-order chi connectivity index (χ0) is 18.8. The number of hydrogen-bond donors (Lipinski definition) is 1. The van der Waals surface area contributed by atoms with E-state index in [4.69, 9.17) is 11.6 Å². The molecule has 0 saturated carbocycles. The summed E-state index contributed by atoms with van der Waals surface area (Å²) in [6.45, 7) is -2.99. The zero-order valence-electron chi connectivity index (χ0n) is 12.7. The molecule has 0 fully saturated rings. The van der Waals surface area contributed by atoms with Gasteiger partial charge in [-0.15, -0.1) is 0 Å². The Labute approximate surface area is 159 Å². The average molecular weight is 445 g/mol. The number of alkyl halides is 2. The lowest BCUT2D eigenvalue weighted by Gasteiger charge is -2.10. The molecule has 0 bridgehead atoms. The molecule has 0 aliphatic heterocycles. The van der Waals surface area contributed by atoms with Gasteiger partial charge in [0.1, 0.15) is 10.9 Å². The number of rotatable bonds is 5. The number of nitrogens with zero attached hydrogens (tertiary/aromatic N) is 3. The highest BCUT2D eigenvalue weighted by Crippen LogP contribution is 2.31. The van der Waals surface area contributed by atoms with E-state index < -0.39 is 12.6 Å². The Morgan fingerprint density at radius 3 is 2.69 bits per heavy atom. The Morgan fingerprint density at radius 2 is 2.04 bits per heavy atom. The van der Waals surface area contributed by atoms with Crippen molar-refractivity contribution in [2.24, 2.45) is 0 Å². The standard InChI is InChI=1S/C16H9BrClF2N3O3/c17-9-3-8(4-11(5-9)26-16(19)20)13-7-12(15(24)25)22-23(13)10-1-2-21-14(18)6-10/h1-7,16H,(H,24,25). The molecule has 0 amide bonds. The van der Waals surface area contributed by atoms with E-state index in [-0.39, 0.29) is 16.6 Å². The van der Waals surface area contributed by atoms with Gasteiger partial charge in [0.25, 0.3) is 0 Å². The molecular formula is C16H9BrClF2N3O3. The maximum atomic E-state index is 12.5. The number of aromatic nitrogens is 3. The van der Waals surface area contributed by atoms with Gasteiger partial charge in [0.15, 0.2) is 5.69 Å². The van der Waals surface area contributed by atoms with Crippen LogP contribution in [0.3, 0.4) is 0 Å². The second kappa shape index (κ2) is 7.38. The molecule has 1 N–H and O–H groups in total. The van der Waals surface area contributed by atoms with Gasteiger partial charge in [-0.25, -0.2) is 14.5 Å². The van der Waals surface area contributed by atoms with Crippen molar-refractivity contribution in [1.82, 2.24) is 14.8 Å². The highest BCUT2D eigenvalue weighted by Gasteiger charge is 2.18. The van der Waals surface area contributed by atoms with Crippen molar-refractivity contribution in [2.75, 3.05) is 0 Å². The smallest absolute Gasteiger partial charge is 0.387 e. The van der Waals surface area contributed by atoms with E-state index in [0.717, 1.165) is 0 Å². The molecule has 134 valence electrons. The Morgan fingerprint density at radius 1 is 1.27 bits per heavy atom. The van der Waals surface area contributed by atoms with Gasteiger partial charge in [0, 0.05) is 22.3 Å². The van der Waals surface area contributed by atoms with Crippen LogP contribution in [0.1, 0.15) is 10.5 Å². The molecule has 0 unspecified atom stereocenters. The number of benzene rings is 1. The summed E-state index contributed by atoms with van der Waals surface area (Å²) in [5.74, 6) is -1.31. The van der Waals surface area contributed by atoms with Crippen LogP contribution in [0.4, 0.5) is 8.78 Å². The van der Waals surface area contributed by atoms with Crippen molar-refractivity contribution in [3.63, 3.8) is 0 Å². The summed E-state index contributed by atoms with van der Waals surface area (Å²) in [4.78, 5) is 15.2. The summed E-state index contributed by atoms with van der Waals surface area (Å²) >= 11 is 9.12. The Bertz CT molecular complexity index is 981. The lowest BCUT2D eigenvalue weighted by Crippen LogP contribution is -2.04. The molecule has 0 aliphatic rings. The Kier molecular flexibility index (Phi) is 5.19. The monoisotopic (exact) mass is 443 g/mol. The summed E-state index contributed by atoms with van der Waals surface area (Å²) < 4.78 is 31.3. The van der Waals surface area contributed by atoms with Crippen LogP contribution in [-0.4, -0.2) is 32.5 Å². The van der Waals surface area contributed by atoms with Gasteiger partial charge in [-0.3, -0.25) is 0 Å². The highest BCUT2D eigenvalue weighted by molar-refractivity contribution is 9.10. The van der Waals surface area contributed by atoms with Gasteiger partial charge in [-0.2, -0.15) is 13.9 Å². The van der Waals surface area contributed by atoms with E-state index in [9.17, 15) is 18.7 Å². The number of pyridine rings is 1. The first kappa shape index (κ1) is 18.3. The summed E-state index contributed by atoms with van der Waals surface area (Å²) in [5.41, 5.74) is 1.01. The van der Waals surface area contributed by atoms with Crippen molar-refractivity contribution >= 4 is 33.5 Å². The van der Waals surface area contributed by atoms with Crippen molar-refractivity contribution in [3.05, 3.63) is 57.9 Å². The lowest BCUT2D eigenvalue weighted by atomic mass is 10.1. The summed E-state index contributed by atoms with van der Waals surface area (Å²) in [5, 5.41) is 13.5. The molecule has 10 heteroatoms. The zero-order valence-corrected chi connectivity index (χ0v) is 15.1. The van der Waals surface area contributed by atoms with Gasteiger partial charge in [-0.05, 0) is 30.3 Å². The van der Waals surface area contributed by atoms with Crippen molar-refractivity contribution in [3.8, 4) is 22.7 Å². The van der Waals surface area contributed by atoms with Crippen LogP contribution in [0.2, 0.25) is 5.15 Å². The first-order valence-electron chi connectivity index (χ1n) is 7.04. The van der Waals surface area contributed by atoms with Gasteiger partial charge in [0.05, 0.1) is 11.4 Å². The van der Waals surface area contributed by atoms with E-state index in [1.807, 2.05) is 0 Å². The van der Waals surface area contributed by atoms with Crippen LogP contribution in [0.15, 0.2) is 47.1 Å². The second-order valence-corrected chi connectivity index (χ2v) is 6.33. The van der Waals surface area contributed by atoms with E-state index >= 15 is 0 Å². The number of carboxylic acid groups (broad SMARTS) is 1. The fourth-order valence-corrected chi connectivity index (χ4v) is 2.93. The molecule has 0 aliphatic carbocycles. The predicted octanol–water partition coefficient (Wildman–Crippen LogP) is 4.65. The van der Waals surface area contributed by atoms with Crippen molar-refractivity contribution in [2.45, 2.75) is 6.61 Å². The molecule has 0 atom stereocenters. The third kappa shape index (κ3) is 4.00. The topological polar surface area (TPSA) is 77.2 Å². The van der Waals surface area contributed by atoms with E-state index in [1.165, 1.54) is 35.1 Å². The van der Waals surface area contributed by atoms with Gasteiger partial charge >= 0.3 is 12.6 Å². The van der Waals surface area contributed by atoms with Gasteiger partial charge in [0.2, 0.25) is 0 Å². The lowest BCUT2D eigenvalue weighted by molar-refractivity contribution is -0.0498. The van der Waals surface area contributed by atoms with E-state index in [2.05, 4.69) is 30.7 Å². The van der Waals surface area contributed by atoms with Crippen LogP contribution < -0.4 is 4.74 Å². The number of aromatic carboxylic acids is 1. The molecule has 3 rings (SSSR count).